The van der Waals surface area contributed by atoms with E-state index in [0.717, 1.165) is 22.9 Å². The molecule has 1 fully saturated rings. The summed E-state index contributed by atoms with van der Waals surface area (Å²) in [7, 11) is 0. The second-order valence-electron chi connectivity index (χ2n) is 5.57. The number of halogens is 1. The molecule has 19 heavy (non-hydrogen) atoms. The van der Waals surface area contributed by atoms with E-state index in [1.54, 1.807) is 0 Å². The van der Waals surface area contributed by atoms with Crippen LogP contribution in [0.15, 0.2) is 28.7 Å². The Morgan fingerprint density at radius 3 is 2.63 bits per heavy atom. The number of carboxylic acids is 1. The minimum absolute atomic E-state index is 0.289. The first-order valence-electron chi connectivity index (χ1n) is 7.10. The Morgan fingerprint density at radius 2 is 2.05 bits per heavy atom. The lowest BCUT2D eigenvalue weighted by molar-refractivity contribution is -0.140. The fourth-order valence-electron chi connectivity index (χ4n) is 3.29. The van der Waals surface area contributed by atoms with Crippen LogP contribution in [0.5, 0.6) is 0 Å². The van der Waals surface area contributed by atoms with Crippen LogP contribution in [0, 0.1) is 11.8 Å². The van der Waals surface area contributed by atoms with Gasteiger partial charge in [0.05, 0.1) is 5.92 Å². The fraction of sp³-hybridized carbons (Fsp3) is 0.562. The Balaban J connectivity index is 2.20. The highest BCUT2D eigenvalue weighted by molar-refractivity contribution is 9.10. The fourth-order valence-corrected chi connectivity index (χ4v) is 3.56. The lowest BCUT2D eigenvalue weighted by Gasteiger charge is -2.32. The number of benzene rings is 1. The summed E-state index contributed by atoms with van der Waals surface area (Å²) in [5, 5.41) is 9.60. The van der Waals surface area contributed by atoms with Crippen LogP contribution in [0.25, 0.3) is 0 Å². The van der Waals surface area contributed by atoms with Gasteiger partial charge in [-0.15, -0.1) is 0 Å². The van der Waals surface area contributed by atoms with E-state index in [2.05, 4.69) is 22.9 Å². The summed E-state index contributed by atoms with van der Waals surface area (Å²) in [6.07, 6.45) is 5.71. The summed E-state index contributed by atoms with van der Waals surface area (Å²) in [5.74, 6) is -0.0278. The average molecular weight is 325 g/mol. The Kier molecular flexibility index (Phi) is 5.03. The summed E-state index contributed by atoms with van der Waals surface area (Å²) in [6.45, 7) is 2.21. The van der Waals surface area contributed by atoms with Crippen molar-refractivity contribution < 1.29 is 9.90 Å². The number of carbonyl (C=O) groups is 1. The molecule has 1 aliphatic carbocycles. The summed E-state index contributed by atoms with van der Waals surface area (Å²) >= 11 is 3.40. The lowest BCUT2D eigenvalue weighted by atomic mass is 9.72. The molecule has 2 rings (SSSR count). The molecule has 0 aliphatic heterocycles. The van der Waals surface area contributed by atoms with Crippen molar-refractivity contribution in [3.8, 4) is 0 Å². The monoisotopic (exact) mass is 324 g/mol. The summed E-state index contributed by atoms with van der Waals surface area (Å²) in [4.78, 5) is 11.7. The maximum atomic E-state index is 11.7. The standard InChI is InChI=1S/C16H21BrO2/c1-2-11-4-3-5-13(10-11)15(16(18)19)12-6-8-14(17)9-7-12/h6-9,11,13,15H,2-5,10H2,1H3,(H,18,19). The second kappa shape index (κ2) is 6.56. The van der Waals surface area contributed by atoms with E-state index in [4.69, 9.17) is 0 Å². The summed E-state index contributed by atoms with van der Waals surface area (Å²) in [5.41, 5.74) is 0.942. The molecule has 1 aromatic carbocycles. The first-order chi connectivity index (χ1) is 9.11. The Hall–Kier alpha value is -0.830. The molecule has 0 aromatic heterocycles. The van der Waals surface area contributed by atoms with Gasteiger partial charge in [-0.1, -0.05) is 54.2 Å². The van der Waals surface area contributed by atoms with Gasteiger partial charge in [0.15, 0.2) is 0 Å². The normalized spacial score (nSPS) is 24.9. The second-order valence-corrected chi connectivity index (χ2v) is 6.48. The molecule has 2 nitrogen and oxygen atoms in total. The van der Waals surface area contributed by atoms with Crippen molar-refractivity contribution in [3.63, 3.8) is 0 Å². The van der Waals surface area contributed by atoms with Crippen molar-refractivity contribution >= 4 is 21.9 Å². The van der Waals surface area contributed by atoms with Gasteiger partial charge in [0.25, 0.3) is 0 Å². The molecule has 3 unspecified atom stereocenters. The average Bonchev–Trinajstić information content (AvgIpc) is 2.41. The number of hydrogen-bond donors (Lipinski definition) is 1. The minimum atomic E-state index is -0.677. The number of rotatable bonds is 4. The van der Waals surface area contributed by atoms with Crippen molar-refractivity contribution in [2.75, 3.05) is 0 Å². The molecule has 0 radical (unpaired) electrons. The molecule has 1 saturated carbocycles. The predicted molar refractivity (Wildman–Crippen MR) is 80.3 cm³/mol. The third kappa shape index (κ3) is 3.59. The highest BCUT2D eigenvalue weighted by Crippen LogP contribution is 2.40. The highest BCUT2D eigenvalue weighted by Gasteiger charge is 2.33. The van der Waals surface area contributed by atoms with Gasteiger partial charge in [-0.25, -0.2) is 0 Å². The molecule has 104 valence electrons. The topological polar surface area (TPSA) is 37.3 Å². The summed E-state index contributed by atoms with van der Waals surface area (Å²) < 4.78 is 0.996. The molecular weight excluding hydrogens is 304 g/mol. The zero-order valence-corrected chi connectivity index (χ0v) is 12.9. The van der Waals surface area contributed by atoms with E-state index in [0.29, 0.717) is 5.92 Å². The van der Waals surface area contributed by atoms with Gasteiger partial charge < -0.3 is 5.11 Å². The molecule has 1 aliphatic rings. The van der Waals surface area contributed by atoms with E-state index >= 15 is 0 Å². The smallest absolute Gasteiger partial charge is 0.311 e. The van der Waals surface area contributed by atoms with Crippen LogP contribution in [0.3, 0.4) is 0 Å². The lowest BCUT2D eigenvalue weighted by Crippen LogP contribution is -2.26. The molecule has 0 saturated heterocycles. The van der Waals surface area contributed by atoms with Crippen molar-refractivity contribution in [1.82, 2.24) is 0 Å². The van der Waals surface area contributed by atoms with Gasteiger partial charge >= 0.3 is 5.97 Å². The van der Waals surface area contributed by atoms with Gasteiger partial charge in [0.1, 0.15) is 0 Å². The zero-order valence-electron chi connectivity index (χ0n) is 11.3. The van der Waals surface area contributed by atoms with Crippen LogP contribution < -0.4 is 0 Å². The van der Waals surface area contributed by atoms with Crippen LogP contribution in [-0.2, 0) is 4.79 Å². The number of hydrogen-bond acceptors (Lipinski definition) is 1. The number of carboxylic acid groups (broad SMARTS) is 1. The molecule has 3 heteroatoms. The zero-order chi connectivity index (χ0) is 13.8. The van der Waals surface area contributed by atoms with E-state index in [9.17, 15) is 9.90 Å². The molecule has 0 heterocycles. The maximum Gasteiger partial charge on any atom is 0.311 e. The Bertz CT molecular complexity index is 427. The molecular formula is C16H21BrO2. The van der Waals surface area contributed by atoms with E-state index in [1.165, 1.54) is 19.3 Å². The molecule has 1 aromatic rings. The van der Waals surface area contributed by atoms with Crippen molar-refractivity contribution in [2.24, 2.45) is 11.8 Å². The quantitative estimate of drug-likeness (QED) is 0.860. The first kappa shape index (κ1) is 14.6. The molecule has 0 spiro atoms. The minimum Gasteiger partial charge on any atom is -0.481 e. The van der Waals surface area contributed by atoms with Crippen molar-refractivity contribution in [1.29, 1.82) is 0 Å². The van der Waals surface area contributed by atoms with E-state index in [1.807, 2.05) is 24.3 Å². The van der Waals surface area contributed by atoms with Gasteiger partial charge in [0.2, 0.25) is 0 Å². The van der Waals surface area contributed by atoms with Crippen LogP contribution in [0.2, 0.25) is 0 Å². The first-order valence-corrected chi connectivity index (χ1v) is 7.89. The maximum absolute atomic E-state index is 11.7. The van der Waals surface area contributed by atoms with Crippen LogP contribution in [0.1, 0.15) is 50.5 Å². The molecule has 0 amide bonds. The molecule has 3 atom stereocenters. The predicted octanol–water partition coefficient (Wildman–Crippen LogP) is 4.83. The van der Waals surface area contributed by atoms with Crippen molar-refractivity contribution in [2.45, 2.75) is 44.9 Å². The van der Waals surface area contributed by atoms with Gasteiger partial charge in [0, 0.05) is 4.47 Å². The Labute approximate surface area is 123 Å². The highest BCUT2D eigenvalue weighted by atomic mass is 79.9. The third-order valence-electron chi connectivity index (χ3n) is 4.37. The molecule has 1 N–H and O–H groups in total. The van der Waals surface area contributed by atoms with Gasteiger partial charge in [-0.05, 0) is 42.4 Å². The van der Waals surface area contributed by atoms with Gasteiger partial charge in [-0.2, -0.15) is 0 Å². The third-order valence-corrected chi connectivity index (χ3v) is 4.90. The van der Waals surface area contributed by atoms with Crippen molar-refractivity contribution in [3.05, 3.63) is 34.3 Å². The van der Waals surface area contributed by atoms with Crippen LogP contribution in [-0.4, -0.2) is 11.1 Å². The van der Waals surface area contributed by atoms with E-state index < -0.39 is 5.97 Å². The molecule has 0 bridgehead atoms. The number of aliphatic carboxylic acids is 1. The summed E-state index contributed by atoms with van der Waals surface area (Å²) in [6, 6.07) is 7.76. The SMILES string of the molecule is CCC1CCCC(C(C(=O)O)c2ccc(Br)cc2)C1. The van der Waals surface area contributed by atoms with Gasteiger partial charge in [-0.3, -0.25) is 4.79 Å². The Morgan fingerprint density at radius 1 is 1.37 bits per heavy atom. The van der Waals surface area contributed by atoms with E-state index in [-0.39, 0.29) is 11.8 Å². The van der Waals surface area contributed by atoms with Crippen LogP contribution >= 0.6 is 15.9 Å². The van der Waals surface area contributed by atoms with Crippen LogP contribution in [0.4, 0.5) is 0 Å². The largest absolute Gasteiger partial charge is 0.481 e.